The predicted octanol–water partition coefficient (Wildman–Crippen LogP) is 6.34. The quantitative estimate of drug-likeness (QED) is 0.123. The third-order valence-electron chi connectivity index (χ3n) is 5.58. The number of carbonyl (C=O) groups is 3. The van der Waals surface area contributed by atoms with Gasteiger partial charge in [-0.2, -0.15) is 0 Å². The van der Waals surface area contributed by atoms with Crippen LogP contribution in [0.4, 0.5) is 4.79 Å². The summed E-state index contributed by atoms with van der Waals surface area (Å²) in [7, 11) is 0. The molecule has 8 nitrogen and oxygen atoms in total. The molecule has 0 aromatic carbocycles. The highest BCUT2D eigenvalue weighted by atomic mass is 16.5. The lowest BCUT2D eigenvalue weighted by atomic mass is 10.1. The monoisotopic (exact) mass is 502 g/mol. The Bertz CT molecular complexity index is 516. The number of esters is 2. The SMILES string of the molecule is CCCCCCC(N)C(=O)OCCCCC.CCCCCCC(NC(=O)O)C(=O)OCCCCC. The molecular weight excluding hydrogens is 448 g/mol. The van der Waals surface area contributed by atoms with Crippen molar-refractivity contribution in [2.75, 3.05) is 13.2 Å². The van der Waals surface area contributed by atoms with Crippen molar-refractivity contribution < 1.29 is 29.0 Å². The van der Waals surface area contributed by atoms with Gasteiger partial charge in [0, 0.05) is 0 Å². The first kappa shape index (κ1) is 35.3. The molecule has 0 saturated heterocycles. The molecule has 0 aromatic rings. The Kier molecular flexibility index (Phi) is 27.0. The van der Waals surface area contributed by atoms with Crippen LogP contribution in [0.2, 0.25) is 0 Å². The summed E-state index contributed by atoms with van der Waals surface area (Å²) < 4.78 is 10.2. The van der Waals surface area contributed by atoms with Gasteiger partial charge in [-0.05, 0) is 25.7 Å². The van der Waals surface area contributed by atoms with Gasteiger partial charge in [0.25, 0.3) is 0 Å². The summed E-state index contributed by atoms with van der Waals surface area (Å²) in [6.45, 7) is 9.37. The Morgan fingerprint density at radius 3 is 1.54 bits per heavy atom. The molecule has 0 aliphatic rings. The van der Waals surface area contributed by atoms with E-state index in [1.807, 2.05) is 0 Å². The van der Waals surface area contributed by atoms with Gasteiger partial charge in [-0.1, -0.05) is 105 Å². The van der Waals surface area contributed by atoms with Crippen LogP contribution in [0.1, 0.15) is 130 Å². The van der Waals surface area contributed by atoms with E-state index in [1.54, 1.807) is 0 Å². The van der Waals surface area contributed by atoms with Crippen molar-refractivity contribution in [2.45, 2.75) is 143 Å². The molecule has 0 bridgehead atoms. The van der Waals surface area contributed by atoms with Crippen LogP contribution in [-0.2, 0) is 19.1 Å². The van der Waals surface area contributed by atoms with Crippen molar-refractivity contribution in [1.29, 1.82) is 0 Å². The zero-order chi connectivity index (χ0) is 26.7. The summed E-state index contributed by atoms with van der Waals surface area (Å²) in [5.41, 5.74) is 5.74. The highest BCUT2D eigenvalue weighted by Crippen LogP contribution is 2.08. The largest absolute Gasteiger partial charge is 0.465 e. The number of rotatable bonds is 21. The molecular formula is C27H54N2O6. The fourth-order valence-corrected chi connectivity index (χ4v) is 3.34. The first-order valence-corrected chi connectivity index (χ1v) is 13.9. The molecule has 2 unspecified atom stereocenters. The number of ether oxygens (including phenoxy) is 2. The van der Waals surface area contributed by atoms with Crippen LogP contribution in [0.25, 0.3) is 0 Å². The first-order valence-electron chi connectivity index (χ1n) is 13.9. The Morgan fingerprint density at radius 1 is 0.657 bits per heavy atom. The van der Waals surface area contributed by atoms with Crippen molar-refractivity contribution in [3.05, 3.63) is 0 Å². The van der Waals surface area contributed by atoms with E-state index in [0.29, 0.717) is 19.6 Å². The number of nitrogens with two attached hydrogens (primary N) is 1. The minimum Gasteiger partial charge on any atom is -0.465 e. The van der Waals surface area contributed by atoms with Gasteiger partial charge in [0.15, 0.2) is 0 Å². The number of hydrogen-bond donors (Lipinski definition) is 3. The fourth-order valence-electron chi connectivity index (χ4n) is 3.34. The van der Waals surface area contributed by atoms with E-state index < -0.39 is 24.1 Å². The van der Waals surface area contributed by atoms with Gasteiger partial charge in [0.05, 0.1) is 13.2 Å². The maximum Gasteiger partial charge on any atom is 0.405 e. The zero-order valence-corrected chi connectivity index (χ0v) is 22.9. The average molecular weight is 503 g/mol. The first-order chi connectivity index (χ1) is 16.8. The molecule has 4 N–H and O–H groups in total. The van der Waals surface area contributed by atoms with Gasteiger partial charge in [-0.15, -0.1) is 0 Å². The predicted molar refractivity (Wildman–Crippen MR) is 141 cm³/mol. The van der Waals surface area contributed by atoms with Crippen molar-refractivity contribution in [3.63, 3.8) is 0 Å². The number of carboxylic acid groups (broad SMARTS) is 1. The highest BCUT2D eigenvalue weighted by Gasteiger charge is 2.21. The average Bonchev–Trinajstić information content (AvgIpc) is 2.84. The molecule has 1 amide bonds. The Labute approximate surface area is 214 Å². The number of unbranched alkanes of at least 4 members (excludes halogenated alkanes) is 10. The summed E-state index contributed by atoms with van der Waals surface area (Å²) in [6.07, 6.45) is 14.9. The lowest BCUT2D eigenvalue weighted by molar-refractivity contribution is -0.146. The van der Waals surface area contributed by atoms with Gasteiger partial charge < -0.3 is 25.6 Å². The van der Waals surface area contributed by atoms with Crippen molar-refractivity contribution >= 4 is 18.0 Å². The number of hydrogen-bond acceptors (Lipinski definition) is 6. The van der Waals surface area contributed by atoms with Crippen LogP contribution in [0.3, 0.4) is 0 Å². The van der Waals surface area contributed by atoms with Gasteiger partial charge >= 0.3 is 18.0 Å². The maximum absolute atomic E-state index is 11.8. The molecule has 0 aromatic heterocycles. The van der Waals surface area contributed by atoms with E-state index >= 15 is 0 Å². The summed E-state index contributed by atoms with van der Waals surface area (Å²) >= 11 is 0. The Morgan fingerprint density at radius 2 is 1.09 bits per heavy atom. The van der Waals surface area contributed by atoms with E-state index in [0.717, 1.165) is 83.5 Å². The second kappa shape index (κ2) is 26.8. The summed E-state index contributed by atoms with van der Waals surface area (Å²) in [4.78, 5) is 33.8. The molecule has 35 heavy (non-hydrogen) atoms. The van der Waals surface area contributed by atoms with Crippen LogP contribution >= 0.6 is 0 Å². The molecule has 208 valence electrons. The molecule has 0 radical (unpaired) electrons. The van der Waals surface area contributed by atoms with Crippen LogP contribution in [0.5, 0.6) is 0 Å². The molecule has 8 heteroatoms. The van der Waals surface area contributed by atoms with Gasteiger partial charge in [-0.3, -0.25) is 4.79 Å². The summed E-state index contributed by atoms with van der Waals surface area (Å²) in [6, 6.07) is -1.14. The molecule has 0 rings (SSSR count). The maximum atomic E-state index is 11.8. The minimum absolute atomic E-state index is 0.229. The second-order valence-electron chi connectivity index (χ2n) is 9.06. The molecule has 0 heterocycles. The molecule has 0 spiro atoms. The van der Waals surface area contributed by atoms with Crippen molar-refractivity contribution in [1.82, 2.24) is 5.32 Å². The molecule has 2 atom stereocenters. The number of amides is 1. The normalized spacial score (nSPS) is 12.1. The molecule has 0 aliphatic heterocycles. The number of carbonyl (C=O) groups excluding carboxylic acids is 2. The highest BCUT2D eigenvalue weighted by molar-refractivity contribution is 5.80. The molecule has 0 fully saturated rings. The lowest BCUT2D eigenvalue weighted by Crippen LogP contribution is -2.41. The zero-order valence-electron chi connectivity index (χ0n) is 22.9. The molecule has 0 aliphatic carbocycles. The van der Waals surface area contributed by atoms with Crippen LogP contribution in [0.15, 0.2) is 0 Å². The lowest BCUT2D eigenvalue weighted by Gasteiger charge is -2.15. The van der Waals surface area contributed by atoms with Gasteiger partial charge in [0.1, 0.15) is 12.1 Å². The van der Waals surface area contributed by atoms with Crippen LogP contribution in [-0.4, -0.2) is 48.4 Å². The third-order valence-corrected chi connectivity index (χ3v) is 5.58. The Hall–Kier alpha value is -1.83. The van der Waals surface area contributed by atoms with Gasteiger partial charge in [0.2, 0.25) is 0 Å². The summed E-state index contributed by atoms with van der Waals surface area (Å²) in [5, 5.41) is 11.0. The summed E-state index contributed by atoms with van der Waals surface area (Å²) in [5.74, 6) is -0.678. The smallest absolute Gasteiger partial charge is 0.405 e. The third kappa shape index (κ3) is 25.1. The topological polar surface area (TPSA) is 128 Å². The van der Waals surface area contributed by atoms with Crippen molar-refractivity contribution in [2.24, 2.45) is 5.73 Å². The second-order valence-corrected chi connectivity index (χ2v) is 9.06. The number of nitrogens with one attached hydrogen (secondary N) is 1. The van der Waals surface area contributed by atoms with Gasteiger partial charge in [-0.25, -0.2) is 9.59 Å². The van der Waals surface area contributed by atoms with Crippen molar-refractivity contribution in [3.8, 4) is 0 Å². The standard InChI is InChI=1S/C14H27NO4.C13H27NO2/c1-3-5-7-8-10-12(15-14(17)18)13(16)19-11-9-6-4-2;1-3-5-7-8-10-12(14)13(15)16-11-9-6-4-2/h12,15H,3-11H2,1-2H3,(H,17,18);12H,3-11,14H2,1-2H3. The molecule has 0 saturated carbocycles. The van der Waals surface area contributed by atoms with E-state index in [4.69, 9.17) is 20.3 Å². The van der Waals surface area contributed by atoms with E-state index in [9.17, 15) is 14.4 Å². The van der Waals surface area contributed by atoms with E-state index in [-0.39, 0.29) is 5.97 Å². The van der Waals surface area contributed by atoms with E-state index in [2.05, 4.69) is 33.0 Å². The fraction of sp³-hybridized carbons (Fsp3) is 0.889. The minimum atomic E-state index is -1.18. The van der Waals surface area contributed by atoms with Crippen LogP contribution < -0.4 is 11.1 Å². The Balaban J connectivity index is 0. The van der Waals surface area contributed by atoms with E-state index in [1.165, 1.54) is 12.8 Å². The van der Waals surface area contributed by atoms with Crippen LogP contribution in [0, 0.1) is 0 Å².